The van der Waals surface area contributed by atoms with Crippen LogP contribution in [0.1, 0.15) is 40.4 Å². The molecule has 0 saturated carbocycles. The Balaban J connectivity index is 2.10. The van der Waals surface area contributed by atoms with Crippen LogP contribution >= 0.6 is 11.3 Å². The van der Waals surface area contributed by atoms with Crippen molar-refractivity contribution in [1.29, 1.82) is 0 Å². The molecule has 0 aliphatic carbocycles. The molecule has 0 spiro atoms. The normalized spacial score (nSPS) is 20.6. The van der Waals surface area contributed by atoms with E-state index in [9.17, 15) is 4.79 Å². The lowest BCUT2D eigenvalue weighted by molar-refractivity contribution is 0.0610. The van der Waals surface area contributed by atoms with Crippen LogP contribution < -0.4 is 5.73 Å². The third kappa shape index (κ3) is 2.84. The maximum Gasteiger partial charge on any atom is 0.265 e. The van der Waals surface area contributed by atoms with Crippen LogP contribution in [-0.2, 0) is 0 Å². The molecule has 1 saturated heterocycles. The number of rotatable bonds is 3. The monoisotopic (exact) mass is 253 g/mol. The molecule has 1 amide bonds. The lowest BCUT2D eigenvalue weighted by Gasteiger charge is -2.35. The highest BCUT2D eigenvalue weighted by molar-refractivity contribution is 7.13. The van der Waals surface area contributed by atoms with E-state index in [-0.39, 0.29) is 5.91 Å². The van der Waals surface area contributed by atoms with E-state index in [1.165, 1.54) is 17.8 Å². The standard InChI is InChI=1S/C12H19N3OS/c1-9-14-8-11(17-9)12(16)15-7-3-2-4-10(15)5-6-13/h8,10H,2-7,13H2,1H3. The van der Waals surface area contributed by atoms with Gasteiger partial charge in [-0.15, -0.1) is 11.3 Å². The lowest BCUT2D eigenvalue weighted by Crippen LogP contribution is -2.44. The van der Waals surface area contributed by atoms with Gasteiger partial charge in [0, 0.05) is 12.6 Å². The van der Waals surface area contributed by atoms with Gasteiger partial charge in [0.25, 0.3) is 5.91 Å². The van der Waals surface area contributed by atoms with Crippen LogP contribution in [0.15, 0.2) is 6.20 Å². The summed E-state index contributed by atoms with van der Waals surface area (Å²) in [6.45, 7) is 3.44. The number of hydrogen-bond donors (Lipinski definition) is 1. The fourth-order valence-corrected chi connectivity index (χ4v) is 3.10. The van der Waals surface area contributed by atoms with Gasteiger partial charge in [-0.2, -0.15) is 0 Å². The van der Waals surface area contributed by atoms with Gasteiger partial charge in [-0.3, -0.25) is 4.79 Å². The Morgan fingerprint density at radius 1 is 1.65 bits per heavy atom. The topological polar surface area (TPSA) is 59.2 Å². The summed E-state index contributed by atoms with van der Waals surface area (Å²) in [5.74, 6) is 0.133. The van der Waals surface area contributed by atoms with E-state index in [0.717, 1.165) is 35.7 Å². The summed E-state index contributed by atoms with van der Waals surface area (Å²) in [7, 11) is 0. The number of aromatic nitrogens is 1. The van der Waals surface area contributed by atoms with Gasteiger partial charge in [-0.25, -0.2) is 4.98 Å². The third-order valence-corrected chi connectivity index (χ3v) is 4.12. The third-order valence-electron chi connectivity index (χ3n) is 3.22. The van der Waals surface area contributed by atoms with Crippen LogP contribution in [0.5, 0.6) is 0 Å². The maximum atomic E-state index is 12.4. The molecular weight excluding hydrogens is 234 g/mol. The van der Waals surface area contributed by atoms with Gasteiger partial charge in [-0.1, -0.05) is 0 Å². The highest BCUT2D eigenvalue weighted by Crippen LogP contribution is 2.23. The molecule has 1 fully saturated rings. The second-order valence-corrected chi connectivity index (χ2v) is 5.70. The second kappa shape index (κ2) is 5.60. The SMILES string of the molecule is Cc1ncc(C(=O)N2CCCCC2CCN)s1. The number of amides is 1. The van der Waals surface area contributed by atoms with Crippen molar-refractivity contribution >= 4 is 17.2 Å². The first-order valence-corrected chi connectivity index (χ1v) is 6.97. The van der Waals surface area contributed by atoms with Crippen molar-refractivity contribution in [3.63, 3.8) is 0 Å². The minimum Gasteiger partial charge on any atom is -0.335 e. The Kier molecular flexibility index (Phi) is 4.12. The zero-order chi connectivity index (χ0) is 12.3. The molecule has 1 aliphatic heterocycles. The largest absolute Gasteiger partial charge is 0.335 e. The molecule has 4 nitrogen and oxygen atoms in total. The van der Waals surface area contributed by atoms with Gasteiger partial charge in [0.15, 0.2) is 0 Å². The Bertz CT molecular complexity index is 389. The van der Waals surface area contributed by atoms with Crippen molar-refractivity contribution in [3.8, 4) is 0 Å². The van der Waals surface area contributed by atoms with Crippen molar-refractivity contribution in [2.75, 3.05) is 13.1 Å². The lowest BCUT2D eigenvalue weighted by atomic mass is 9.99. The molecule has 1 unspecified atom stereocenters. The fourth-order valence-electron chi connectivity index (χ4n) is 2.36. The number of carbonyl (C=O) groups is 1. The van der Waals surface area contributed by atoms with Crippen LogP contribution in [0, 0.1) is 6.92 Å². The summed E-state index contributed by atoms with van der Waals surface area (Å²) in [5.41, 5.74) is 5.62. The van der Waals surface area contributed by atoms with Crippen LogP contribution in [0.2, 0.25) is 0 Å². The van der Waals surface area contributed by atoms with E-state index in [1.807, 2.05) is 11.8 Å². The molecule has 1 aliphatic rings. The van der Waals surface area contributed by atoms with Crippen molar-refractivity contribution in [3.05, 3.63) is 16.1 Å². The minimum atomic E-state index is 0.133. The molecule has 1 aromatic rings. The number of carbonyl (C=O) groups excluding carboxylic acids is 1. The van der Waals surface area contributed by atoms with Crippen LogP contribution in [0.4, 0.5) is 0 Å². The number of nitrogens with zero attached hydrogens (tertiary/aromatic N) is 2. The maximum absolute atomic E-state index is 12.4. The van der Waals surface area contributed by atoms with Crippen molar-refractivity contribution in [2.24, 2.45) is 5.73 Å². The van der Waals surface area contributed by atoms with E-state index >= 15 is 0 Å². The molecule has 2 rings (SSSR count). The molecular formula is C12H19N3OS. The van der Waals surface area contributed by atoms with Crippen LogP contribution in [-0.4, -0.2) is 34.9 Å². The minimum absolute atomic E-state index is 0.133. The summed E-state index contributed by atoms with van der Waals surface area (Å²) in [5, 5.41) is 0.945. The number of aryl methyl sites for hydroxylation is 1. The average molecular weight is 253 g/mol. The van der Waals surface area contributed by atoms with E-state index < -0.39 is 0 Å². The Morgan fingerprint density at radius 2 is 2.47 bits per heavy atom. The molecule has 1 atom stereocenters. The molecule has 2 N–H and O–H groups in total. The van der Waals surface area contributed by atoms with Crippen molar-refractivity contribution in [1.82, 2.24) is 9.88 Å². The molecule has 17 heavy (non-hydrogen) atoms. The summed E-state index contributed by atoms with van der Waals surface area (Å²) in [6, 6.07) is 0.323. The first-order valence-electron chi connectivity index (χ1n) is 6.16. The van der Waals surface area contributed by atoms with Crippen LogP contribution in [0.25, 0.3) is 0 Å². The quantitative estimate of drug-likeness (QED) is 0.893. The fraction of sp³-hybridized carbons (Fsp3) is 0.667. The van der Waals surface area contributed by atoms with Gasteiger partial charge in [0.2, 0.25) is 0 Å². The van der Waals surface area contributed by atoms with E-state index in [4.69, 9.17) is 5.73 Å². The van der Waals surface area contributed by atoms with Gasteiger partial charge < -0.3 is 10.6 Å². The van der Waals surface area contributed by atoms with Crippen molar-refractivity contribution < 1.29 is 4.79 Å². The smallest absolute Gasteiger partial charge is 0.265 e. The Hall–Kier alpha value is -0.940. The summed E-state index contributed by atoms with van der Waals surface area (Å²) in [4.78, 5) is 19.2. The average Bonchev–Trinajstić information content (AvgIpc) is 2.76. The van der Waals surface area contributed by atoms with Gasteiger partial charge in [0.1, 0.15) is 4.88 Å². The molecule has 1 aromatic heterocycles. The molecule has 2 heterocycles. The van der Waals surface area contributed by atoms with E-state index in [2.05, 4.69) is 4.98 Å². The number of nitrogens with two attached hydrogens (primary N) is 1. The highest BCUT2D eigenvalue weighted by Gasteiger charge is 2.27. The van der Waals surface area contributed by atoms with Crippen LogP contribution in [0.3, 0.4) is 0 Å². The van der Waals surface area contributed by atoms with Gasteiger partial charge >= 0.3 is 0 Å². The van der Waals surface area contributed by atoms with Crippen molar-refractivity contribution in [2.45, 2.75) is 38.6 Å². The number of thiazole rings is 1. The zero-order valence-corrected chi connectivity index (χ0v) is 11.0. The highest BCUT2D eigenvalue weighted by atomic mass is 32.1. The molecule has 94 valence electrons. The van der Waals surface area contributed by atoms with Gasteiger partial charge in [-0.05, 0) is 39.2 Å². The summed E-state index contributed by atoms with van der Waals surface area (Å²) < 4.78 is 0. The Morgan fingerprint density at radius 3 is 3.12 bits per heavy atom. The number of hydrogen-bond acceptors (Lipinski definition) is 4. The Labute approximate surface area is 106 Å². The predicted molar refractivity (Wildman–Crippen MR) is 69.2 cm³/mol. The molecule has 0 radical (unpaired) electrons. The molecule has 5 heteroatoms. The van der Waals surface area contributed by atoms with Gasteiger partial charge in [0.05, 0.1) is 11.2 Å². The summed E-state index contributed by atoms with van der Waals surface area (Å²) in [6.07, 6.45) is 5.99. The summed E-state index contributed by atoms with van der Waals surface area (Å²) >= 11 is 1.48. The second-order valence-electron chi connectivity index (χ2n) is 4.47. The van der Waals surface area contributed by atoms with E-state index in [1.54, 1.807) is 6.20 Å². The first-order chi connectivity index (χ1) is 8.22. The molecule has 0 aromatic carbocycles. The number of piperidine rings is 1. The predicted octanol–water partition coefficient (Wildman–Crippen LogP) is 1.80. The molecule has 0 bridgehead atoms. The number of likely N-dealkylation sites (tertiary alicyclic amines) is 1. The first kappa shape index (κ1) is 12.5. The zero-order valence-electron chi connectivity index (χ0n) is 10.2. The van der Waals surface area contributed by atoms with E-state index in [0.29, 0.717) is 12.6 Å².